The Hall–Kier alpha value is -3.22. The second-order valence-electron chi connectivity index (χ2n) is 10.3. The van der Waals surface area contributed by atoms with Crippen LogP contribution in [0.25, 0.3) is 17.2 Å². The molecule has 1 amide bonds. The number of hydrogen-bond donors (Lipinski definition) is 1. The standard InChI is InChI=1S/C29H33FN2O4/c1-3-35-29(34)32-23-10-11-24-20(14-23)15-26-27(17(2)36-28(26)33)25(24)12-9-22-8-7-19(16-31-22)18-5-4-6-21(30)13-18/h4-9,12-13,16-17,20,23-27H,3,10-11,14-15H2,1-2H3,(H,32,34)/b12-9+/t17-,20+,23-,24+,25+,26+,27-/m1/s1. The highest BCUT2D eigenvalue weighted by Crippen LogP contribution is 2.53. The fourth-order valence-electron chi connectivity index (χ4n) is 6.64. The van der Waals surface area contributed by atoms with Crippen molar-refractivity contribution in [3.8, 4) is 11.1 Å². The van der Waals surface area contributed by atoms with Crippen LogP contribution in [0.4, 0.5) is 9.18 Å². The molecule has 0 radical (unpaired) electrons. The first-order valence-corrected chi connectivity index (χ1v) is 13.0. The van der Waals surface area contributed by atoms with Crippen molar-refractivity contribution in [2.75, 3.05) is 6.61 Å². The molecular weight excluding hydrogens is 459 g/mol. The van der Waals surface area contributed by atoms with Gasteiger partial charge in [0.1, 0.15) is 11.9 Å². The number of aromatic nitrogens is 1. The van der Waals surface area contributed by atoms with Crippen molar-refractivity contribution in [1.82, 2.24) is 10.3 Å². The quantitative estimate of drug-likeness (QED) is 0.548. The zero-order valence-corrected chi connectivity index (χ0v) is 20.7. The molecule has 36 heavy (non-hydrogen) atoms. The molecule has 2 aliphatic carbocycles. The summed E-state index contributed by atoms with van der Waals surface area (Å²) in [7, 11) is 0. The van der Waals surface area contributed by atoms with E-state index in [-0.39, 0.29) is 47.8 Å². The maximum Gasteiger partial charge on any atom is 0.407 e. The van der Waals surface area contributed by atoms with Crippen LogP contribution in [0.1, 0.15) is 45.2 Å². The van der Waals surface area contributed by atoms with Gasteiger partial charge in [-0.1, -0.05) is 24.3 Å². The highest BCUT2D eigenvalue weighted by Gasteiger charge is 2.54. The molecule has 3 fully saturated rings. The van der Waals surface area contributed by atoms with Crippen LogP contribution in [-0.4, -0.2) is 35.8 Å². The number of hydrogen-bond acceptors (Lipinski definition) is 5. The fourth-order valence-corrected chi connectivity index (χ4v) is 6.64. The largest absolute Gasteiger partial charge is 0.462 e. The molecule has 3 aliphatic rings. The number of allylic oxidation sites excluding steroid dienone is 1. The Morgan fingerprint density at radius 1 is 1.22 bits per heavy atom. The summed E-state index contributed by atoms with van der Waals surface area (Å²) in [6.07, 6.45) is 9.07. The summed E-state index contributed by atoms with van der Waals surface area (Å²) >= 11 is 0. The molecule has 2 heterocycles. The van der Waals surface area contributed by atoms with E-state index in [1.165, 1.54) is 12.1 Å². The molecule has 1 aliphatic heterocycles. The van der Waals surface area contributed by atoms with E-state index < -0.39 is 0 Å². The lowest BCUT2D eigenvalue weighted by Crippen LogP contribution is -2.48. The topological polar surface area (TPSA) is 77.5 Å². The lowest BCUT2D eigenvalue weighted by atomic mass is 9.57. The maximum absolute atomic E-state index is 13.6. The number of pyridine rings is 1. The number of carbonyl (C=O) groups excluding carboxylic acids is 2. The number of rotatable bonds is 5. The summed E-state index contributed by atoms with van der Waals surface area (Å²) in [5.41, 5.74) is 2.48. The highest BCUT2D eigenvalue weighted by molar-refractivity contribution is 5.75. The zero-order valence-electron chi connectivity index (χ0n) is 20.7. The first-order chi connectivity index (χ1) is 17.4. The molecule has 5 rings (SSSR count). The summed E-state index contributed by atoms with van der Waals surface area (Å²) in [5, 5.41) is 3.00. The van der Waals surface area contributed by atoms with Crippen LogP contribution in [0.15, 0.2) is 48.7 Å². The van der Waals surface area contributed by atoms with Crippen molar-refractivity contribution in [3.05, 3.63) is 60.2 Å². The molecule has 1 aromatic carbocycles. The van der Waals surface area contributed by atoms with Crippen molar-refractivity contribution >= 4 is 18.1 Å². The maximum atomic E-state index is 13.6. The molecule has 1 saturated heterocycles. The van der Waals surface area contributed by atoms with E-state index in [9.17, 15) is 14.0 Å². The second-order valence-corrected chi connectivity index (χ2v) is 10.3. The molecule has 190 valence electrons. The summed E-state index contributed by atoms with van der Waals surface area (Å²) in [4.78, 5) is 29.2. The minimum Gasteiger partial charge on any atom is -0.462 e. The van der Waals surface area contributed by atoms with Gasteiger partial charge < -0.3 is 14.8 Å². The van der Waals surface area contributed by atoms with Crippen LogP contribution in [0.5, 0.6) is 0 Å². The van der Waals surface area contributed by atoms with Crippen molar-refractivity contribution < 1.29 is 23.5 Å². The van der Waals surface area contributed by atoms with Crippen LogP contribution in [0, 0.1) is 35.4 Å². The molecule has 1 aromatic heterocycles. The first-order valence-electron chi connectivity index (χ1n) is 13.0. The number of cyclic esters (lactones) is 1. The number of amides is 1. The van der Waals surface area contributed by atoms with Crippen LogP contribution in [-0.2, 0) is 14.3 Å². The summed E-state index contributed by atoms with van der Waals surface area (Å²) in [5.74, 6) is 0.629. The van der Waals surface area contributed by atoms with Gasteiger partial charge in [0.05, 0.1) is 18.2 Å². The SMILES string of the molecule is CCOC(=O)N[C@@H]1CC[C@H]2[C@@H](C1)C[C@@H]1C(=O)O[C@H](C)[C@@H]1[C@H]2/C=C/c1ccc(-c2cccc(F)c2)cn1. The molecule has 2 saturated carbocycles. The predicted molar refractivity (Wildman–Crippen MR) is 134 cm³/mol. The van der Waals surface area contributed by atoms with Crippen molar-refractivity contribution in [2.24, 2.45) is 29.6 Å². The highest BCUT2D eigenvalue weighted by atomic mass is 19.1. The summed E-state index contributed by atoms with van der Waals surface area (Å²) in [6.45, 7) is 4.15. The second kappa shape index (κ2) is 10.4. The van der Waals surface area contributed by atoms with Gasteiger partial charge in [0.2, 0.25) is 0 Å². The van der Waals surface area contributed by atoms with Gasteiger partial charge in [0.25, 0.3) is 0 Å². The number of ether oxygens (including phenoxy) is 2. The fraction of sp³-hybridized carbons (Fsp3) is 0.483. The average molecular weight is 493 g/mol. The predicted octanol–water partition coefficient (Wildman–Crippen LogP) is 5.63. The normalized spacial score (nSPS) is 31.4. The lowest BCUT2D eigenvalue weighted by Gasteiger charge is -2.47. The first kappa shape index (κ1) is 24.5. The molecule has 1 N–H and O–H groups in total. The van der Waals surface area contributed by atoms with E-state index in [0.29, 0.717) is 18.4 Å². The Bertz CT molecular complexity index is 1130. The number of benzene rings is 1. The van der Waals surface area contributed by atoms with Crippen molar-refractivity contribution in [3.63, 3.8) is 0 Å². The van der Waals surface area contributed by atoms with Gasteiger partial charge in [-0.3, -0.25) is 9.78 Å². The van der Waals surface area contributed by atoms with Crippen LogP contribution < -0.4 is 5.32 Å². The smallest absolute Gasteiger partial charge is 0.407 e. The van der Waals surface area contributed by atoms with E-state index in [2.05, 4.69) is 16.4 Å². The molecule has 0 unspecified atom stereocenters. The van der Waals surface area contributed by atoms with E-state index >= 15 is 0 Å². The minimum absolute atomic E-state index is 0.0679. The Morgan fingerprint density at radius 2 is 2.08 bits per heavy atom. The molecule has 7 heteroatoms. The number of nitrogens with one attached hydrogen (secondary N) is 1. The van der Waals surface area contributed by atoms with Crippen LogP contribution >= 0.6 is 0 Å². The molecule has 0 bridgehead atoms. The average Bonchev–Trinajstić information content (AvgIpc) is 3.15. The molecule has 2 aromatic rings. The molecular formula is C29H33FN2O4. The third-order valence-corrected chi connectivity index (χ3v) is 8.18. The number of carbonyl (C=O) groups is 2. The van der Waals surface area contributed by atoms with E-state index in [1.807, 2.05) is 31.2 Å². The Labute approximate surface area is 211 Å². The van der Waals surface area contributed by atoms with Gasteiger partial charge in [0, 0.05) is 23.7 Å². The van der Waals surface area contributed by atoms with Gasteiger partial charge in [-0.25, -0.2) is 9.18 Å². The third kappa shape index (κ3) is 5.01. The number of alkyl carbamates (subject to hydrolysis) is 1. The number of halogens is 1. The molecule has 7 atom stereocenters. The van der Waals surface area contributed by atoms with Gasteiger partial charge in [-0.05, 0) is 87.1 Å². The van der Waals surface area contributed by atoms with Crippen LogP contribution in [0.2, 0.25) is 0 Å². The Balaban J connectivity index is 1.34. The summed E-state index contributed by atoms with van der Waals surface area (Å²) < 4.78 is 24.3. The van der Waals surface area contributed by atoms with E-state index in [1.54, 1.807) is 19.2 Å². The number of esters is 1. The minimum atomic E-state index is -0.368. The van der Waals surface area contributed by atoms with Crippen LogP contribution in [0.3, 0.4) is 0 Å². The van der Waals surface area contributed by atoms with Crippen molar-refractivity contribution in [2.45, 2.75) is 51.7 Å². The Morgan fingerprint density at radius 3 is 2.83 bits per heavy atom. The lowest BCUT2D eigenvalue weighted by molar-refractivity contribution is -0.144. The monoisotopic (exact) mass is 492 g/mol. The van der Waals surface area contributed by atoms with Gasteiger partial charge in [-0.15, -0.1) is 0 Å². The number of nitrogens with zero attached hydrogens (tertiary/aromatic N) is 1. The van der Waals surface area contributed by atoms with E-state index in [4.69, 9.17) is 9.47 Å². The van der Waals surface area contributed by atoms with Gasteiger partial charge in [-0.2, -0.15) is 0 Å². The third-order valence-electron chi connectivity index (χ3n) is 8.18. The summed E-state index contributed by atoms with van der Waals surface area (Å²) in [6, 6.07) is 10.4. The van der Waals surface area contributed by atoms with Gasteiger partial charge >= 0.3 is 12.1 Å². The van der Waals surface area contributed by atoms with E-state index in [0.717, 1.165) is 42.5 Å². The van der Waals surface area contributed by atoms with Gasteiger partial charge in [0.15, 0.2) is 0 Å². The zero-order chi connectivity index (χ0) is 25.2. The molecule has 6 nitrogen and oxygen atoms in total. The Kier molecular flexibility index (Phi) is 7.08. The number of fused-ring (bicyclic) bond motifs is 2. The van der Waals surface area contributed by atoms with Crippen molar-refractivity contribution in [1.29, 1.82) is 0 Å². The molecule has 0 spiro atoms.